The Bertz CT molecular complexity index is 1540. The maximum absolute atomic E-state index is 12.5. The lowest BCUT2D eigenvalue weighted by atomic mass is 9.89. The third kappa shape index (κ3) is 5.18. The lowest BCUT2D eigenvalue weighted by Crippen LogP contribution is -2.16. The van der Waals surface area contributed by atoms with Gasteiger partial charge in [0.25, 0.3) is 0 Å². The van der Waals surface area contributed by atoms with Crippen LogP contribution >= 0.6 is 11.3 Å². The number of thiophene rings is 1. The molecule has 0 saturated heterocycles. The molecule has 0 atom stereocenters. The van der Waals surface area contributed by atoms with E-state index in [4.69, 9.17) is 0 Å². The fourth-order valence-corrected chi connectivity index (χ4v) is 5.79. The van der Waals surface area contributed by atoms with Gasteiger partial charge in [0.1, 0.15) is 9.96 Å². The van der Waals surface area contributed by atoms with Crippen LogP contribution in [0, 0.1) is 0 Å². The number of carboxylic acids is 1. The van der Waals surface area contributed by atoms with Gasteiger partial charge < -0.3 is 9.84 Å². The van der Waals surface area contributed by atoms with Crippen LogP contribution in [0.1, 0.15) is 22.8 Å². The molecule has 0 amide bonds. The summed E-state index contributed by atoms with van der Waals surface area (Å²) in [5.41, 5.74) is 3.19. The predicted octanol–water partition coefficient (Wildman–Crippen LogP) is 6.80. The number of aryl methyl sites for hydroxylation is 1. The number of rotatable bonds is 6. The van der Waals surface area contributed by atoms with E-state index in [9.17, 15) is 31.5 Å². The van der Waals surface area contributed by atoms with Crippen LogP contribution in [0.2, 0.25) is 0 Å². The zero-order valence-electron chi connectivity index (χ0n) is 18.5. The van der Waals surface area contributed by atoms with Crippen molar-refractivity contribution in [3.8, 4) is 28.0 Å². The number of halogens is 3. The molecule has 0 bridgehead atoms. The first kappa shape index (κ1) is 24.7. The normalized spacial score (nSPS) is 12.1. The molecule has 1 N–H and O–H groups in total. The monoisotopic (exact) mass is 520 g/mol. The number of aromatic carboxylic acids is 1. The Morgan fingerprint density at radius 2 is 1.63 bits per heavy atom. The first-order chi connectivity index (χ1) is 16.4. The van der Waals surface area contributed by atoms with Crippen molar-refractivity contribution < 1.29 is 36.2 Å². The fraction of sp³-hybridized carbons (Fsp3) is 0.160. The van der Waals surface area contributed by atoms with Crippen molar-refractivity contribution in [1.29, 1.82) is 0 Å². The van der Waals surface area contributed by atoms with Gasteiger partial charge >= 0.3 is 12.3 Å². The van der Waals surface area contributed by atoms with Crippen LogP contribution in [0.4, 0.5) is 13.2 Å². The molecule has 0 aliphatic rings. The van der Waals surface area contributed by atoms with Crippen molar-refractivity contribution in [2.24, 2.45) is 0 Å². The standard InChI is InChI=1S/C25H19F3O5S2/c1-3-18-21-10-15(14-4-7-17(8-5-14)33-25(26,27)28)6-9-19(21)20(12-22(18)24(29)30)16-11-23(34-13-16)35(2,31)32/h4-13H,3H2,1-2H3,(H,29,30). The van der Waals surface area contributed by atoms with Crippen molar-refractivity contribution in [3.63, 3.8) is 0 Å². The van der Waals surface area contributed by atoms with Gasteiger partial charge in [-0.2, -0.15) is 0 Å². The molecule has 0 saturated carbocycles. The summed E-state index contributed by atoms with van der Waals surface area (Å²) in [6.45, 7) is 1.84. The van der Waals surface area contributed by atoms with Gasteiger partial charge in [0.05, 0.1) is 5.56 Å². The summed E-state index contributed by atoms with van der Waals surface area (Å²) in [5, 5.41) is 13.0. The van der Waals surface area contributed by atoms with Gasteiger partial charge in [0.2, 0.25) is 0 Å². The summed E-state index contributed by atoms with van der Waals surface area (Å²) >= 11 is 1.06. The molecule has 10 heteroatoms. The van der Waals surface area contributed by atoms with E-state index in [1.165, 1.54) is 30.3 Å². The Hall–Kier alpha value is -3.37. The van der Waals surface area contributed by atoms with E-state index in [0.29, 0.717) is 39.6 Å². The third-order valence-corrected chi connectivity index (χ3v) is 8.27. The first-order valence-corrected chi connectivity index (χ1v) is 13.1. The number of benzene rings is 3. The number of hydrogen-bond acceptors (Lipinski definition) is 5. The molecule has 0 radical (unpaired) electrons. The molecule has 0 fully saturated rings. The summed E-state index contributed by atoms with van der Waals surface area (Å²) in [5.74, 6) is -1.45. The minimum Gasteiger partial charge on any atom is -0.478 e. The topological polar surface area (TPSA) is 80.7 Å². The molecule has 0 aliphatic heterocycles. The fourth-order valence-electron chi connectivity index (χ4n) is 3.97. The molecule has 1 heterocycles. The summed E-state index contributed by atoms with van der Waals surface area (Å²) in [4.78, 5) is 12.1. The second-order valence-electron chi connectivity index (χ2n) is 7.87. The Balaban J connectivity index is 1.89. The SMILES string of the molecule is CCc1c(C(=O)O)cc(-c2csc(S(C)(=O)=O)c2)c2ccc(-c3ccc(OC(F)(F)F)cc3)cc12. The number of carboxylic acid groups (broad SMARTS) is 1. The Morgan fingerprint density at radius 3 is 2.17 bits per heavy atom. The second-order valence-corrected chi connectivity index (χ2v) is 11.0. The number of fused-ring (bicyclic) bond motifs is 1. The Kier molecular flexibility index (Phi) is 6.37. The highest BCUT2D eigenvalue weighted by atomic mass is 32.2. The maximum atomic E-state index is 12.5. The zero-order valence-corrected chi connectivity index (χ0v) is 20.1. The molecule has 0 spiro atoms. The zero-order chi connectivity index (χ0) is 25.5. The molecule has 5 nitrogen and oxygen atoms in total. The van der Waals surface area contributed by atoms with E-state index < -0.39 is 22.2 Å². The van der Waals surface area contributed by atoms with Crippen molar-refractivity contribution >= 4 is 37.9 Å². The van der Waals surface area contributed by atoms with Crippen LogP contribution in [0.25, 0.3) is 33.0 Å². The number of alkyl halides is 3. The lowest BCUT2D eigenvalue weighted by Gasteiger charge is -2.15. The van der Waals surface area contributed by atoms with Crippen molar-refractivity contribution in [3.05, 3.63) is 71.1 Å². The smallest absolute Gasteiger partial charge is 0.478 e. The summed E-state index contributed by atoms with van der Waals surface area (Å²) in [6, 6.07) is 13.9. The summed E-state index contributed by atoms with van der Waals surface area (Å²) < 4.78 is 65.4. The van der Waals surface area contributed by atoms with Crippen molar-refractivity contribution in [1.82, 2.24) is 0 Å². The number of carbonyl (C=O) groups is 1. The quantitative estimate of drug-likeness (QED) is 0.303. The van der Waals surface area contributed by atoms with Gasteiger partial charge in [0.15, 0.2) is 9.84 Å². The predicted molar refractivity (Wildman–Crippen MR) is 129 cm³/mol. The highest BCUT2D eigenvalue weighted by molar-refractivity contribution is 7.92. The van der Waals surface area contributed by atoms with Crippen LogP contribution in [-0.2, 0) is 16.3 Å². The van der Waals surface area contributed by atoms with E-state index in [1.54, 1.807) is 23.6 Å². The molecule has 0 unspecified atom stereocenters. The van der Waals surface area contributed by atoms with Crippen LogP contribution in [0.5, 0.6) is 5.75 Å². The lowest BCUT2D eigenvalue weighted by molar-refractivity contribution is -0.274. The highest BCUT2D eigenvalue weighted by Gasteiger charge is 2.31. The molecule has 35 heavy (non-hydrogen) atoms. The number of sulfone groups is 1. The Morgan fingerprint density at radius 1 is 0.971 bits per heavy atom. The maximum Gasteiger partial charge on any atom is 0.573 e. The average Bonchev–Trinajstić information content (AvgIpc) is 3.27. The third-order valence-electron chi connectivity index (χ3n) is 5.51. The van der Waals surface area contributed by atoms with Crippen LogP contribution < -0.4 is 4.74 Å². The second kappa shape index (κ2) is 9.01. The van der Waals surface area contributed by atoms with Crippen molar-refractivity contribution in [2.75, 3.05) is 6.26 Å². The molecule has 4 rings (SSSR count). The van der Waals surface area contributed by atoms with Gasteiger partial charge in [0, 0.05) is 6.26 Å². The molecule has 182 valence electrons. The molecular weight excluding hydrogens is 501 g/mol. The number of hydrogen-bond donors (Lipinski definition) is 1. The molecular formula is C25H19F3O5S2. The highest BCUT2D eigenvalue weighted by Crippen LogP contribution is 2.39. The molecule has 4 aromatic rings. The average molecular weight is 521 g/mol. The molecule has 0 aliphatic carbocycles. The van der Waals surface area contributed by atoms with Gasteiger partial charge in [-0.05, 0) is 80.7 Å². The van der Waals surface area contributed by atoms with E-state index >= 15 is 0 Å². The summed E-state index contributed by atoms with van der Waals surface area (Å²) in [6.07, 6.45) is -3.25. The number of ether oxygens (including phenoxy) is 1. The minimum atomic E-state index is -4.79. The van der Waals surface area contributed by atoms with Crippen LogP contribution in [0.15, 0.2) is 64.2 Å². The van der Waals surface area contributed by atoms with E-state index in [1.807, 2.05) is 13.0 Å². The summed E-state index contributed by atoms with van der Waals surface area (Å²) in [7, 11) is -3.42. The van der Waals surface area contributed by atoms with Gasteiger partial charge in [-0.1, -0.05) is 31.2 Å². The van der Waals surface area contributed by atoms with Gasteiger partial charge in [-0.15, -0.1) is 24.5 Å². The van der Waals surface area contributed by atoms with E-state index in [0.717, 1.165) is 23.0 Å². The van der Waals surface area contributed by atoms with Gasteiger partial charge in [-0.3, -0.25) is 0 Å². The largest absolute Gasteiger partial charge is 0.573 e. The van der Waals surface area contributed by atoms with Crippen LogP contribution in [0.3, 0.4) is 0 Å². The van der Waals surface area contributed by atoms with E-state index in [-0.39, 0.29) is 15.5 Å². The van der Waals surface area contributed by atoms with Gasteiger partial charge in [-0.25, -0.2) is 13.2 Å². The minimum absolute atomic E-state index is 0.105. The van der Waals surface area contributed by atoms with Crippen molar-refractivity contribution in [2.45, 2.75) is 23.9 Å². The molecule has 3 aromatic carbocycles. The molecule has 1 aromatic heterocycles. The first-order valence-electron chi connectivity index (χ1n) is 10.4. The van der Waals surface area contributed by atoms with E-state index in [2.05, 4.69) is 4.74 Å². The Labute approximate surface area is 203 Å². The van der Waals surface area contributed by atoms with Crippen LogP contribution in [-0.4, -0.2) is 32.1 Å².